The zero-order chi connectivity index (χ0) is 11.0. The lowest BCUT2D eigenvalue weighted by Crippen LogP contribution is -2.34. The molecule has 0 saturated heterocycles. The Morgan fingerprint density at radius 3 is 2.57 bits per heavy atom. The highest BCUT2D eigenvalue weighted by molar-refractivity contribution is 5.71. The van der Waals surface area contributed by atoms with E-state index in [9.17, 15) is 4.79 Å². The van der Waals surface area contributed by atoms with Gasteiger partial charge in [-0.3, -0.25) is 9.69 Å². The molecule has 1 atom stereocenters. The highest BCUT2D eigenvalue weighted by Gasteiger charge is 2.12. The van der Waals surface area contributed by atoms with E-state index in [0.717, 1.165) is 6.42 Å². The normalized spacial score (nSPS) is 12.9. The number of unbranched alkanes of at least 4 members (excludes halogenated alkanes) is 2. The summed E-state index contributed by atoms with van der Waals surface area (Å²) in [5.74, 6) is -0.158. The van der Waals surface area contributed by atoms with E-state index in [4.69, 9.17) is 0 Å². The van der Waals surface area contributed by atoms with Crippen LogP contribution in [0.1, 0.15) is 39.5 Å². The Kier molecular flexibility index (Phi) is 7.48. The number of methoxy groups -OCH3 is 1. The van der Waals surface area contributed by atoms with Crippen molar-refractivity contribution < 1.29 is 9.53 Å². The third kappa shape index (κ3) is 5.97. The van der Waals surface area contributed by atoms with Crippen molar-refractivity contribution in [3.63, 3.8) is 0 Å². The number of likely N-dealkylation sites (N-methyl/N-ethyl adjacent to an activating group) is 1. The Bertz CT molecular complexity index is 159. The molecule has 0 N–H and O–H groups in total. The fourth-order valence-corrected chi connectivity index (χ4v) is 1.33. The first-order valence-corrected chi connectivity index (χ1v) is 5.38. The van der Waals surface area contributed by atoms with Crippen molar-refractivity contribution in [1.29, 1.82) is 0 Å². The number of nitrogens with zero attached hydrogens (tertiary/aromatic N) is 1. The Morgan fingerprint density at radius 2 is 2.07 bits per heavy atom. The summed E-state index contributed by atoms with van der Waals surface area (Å²) in [5.41, 5.74) is 0. The molecule has 0 heterocycles. The van der Waals surface area contributed by atoms with Crippen LogP contribution in [0.4, 0.5) is 0 Å². The molecule has 0 rings (SSSR count). The molecule has 3 heteroatoms. The van der Waals surface area contributed by atoms with Crippen LogP contribution in [0.2, 0.25) is 0 Å². The SMILES string of the molecule is CCCCC[C@H](C)N(C)CC(=O)OC. The molecule has 0 bridgehead atoms. The van der Waals surface area contributed by atoms with Gasteiger partial charge >= 0.3 is 5.97 Å². The molecule has 0 unspecified atom stereocenters. The molecule has 0 fully saturated rings. The number of ether oxygens (including phenoxy) is 1. The van der Waals surface area contributed by atoms with E-state index in [1.165, 1.54) is 26.4 Å². The van der Waals surface area contributed by atoms with Crippen LogP contribution in [0, 0.1) is 0 Å². The lowest BCUT2D eigenvalue weighted by Gasteiger charge is -2.23. The lowest BCUT2D eigenvalue weighted by molar-refractivity contribution is -0.142. The van der Waals surface area contributed by atoms with Crippen molar-refractivity contribution in [1.82, 2.24) is 4.90 Å². The predicted molar refractivity (Wildman–Crippen MR) is 58.3 cm³/mol. The standard InChI is InChI=1S/C11H23NO2/c1-5-6-7-8-10(2)12(3)9-11(13)14-4/h10H,5-9H2,1-4H3/t10-/m0/s1. The molecule has 0 aromatic carbocycles. The average Bonchev–Trinajstić information content (AvgIpc) is 2.17. The summed E-state index contributed by atoms with van der Waals surface area (Å²) < 4.78 is 4.62. The number of rotatable bonds is 7. The van der Waals surface area contributed by atoms with E-state index < -0.39 is 0 Å². The van der Waals surface area contributed by atoms with E-state index in [2.05, 4.69) is 18.6 Å². The molecule has 3 nitrogen and oxygen atoms in total. The summed E-state index contributed by atoms with van der Waals surface area (Å²) in [7, 11) is 3.39. The van der Waals surface area contributed by atoms with Crippen molar-refractivity contribution in [3.8, 4) is 0 Å². The Balaban J connectivity index is 3.64. The molecule has 84 valence electrons. The van der Waals surface area contributed by atoms with Crippen molar-refractivity contribution in [3.05, 3.63) is 0 Å². The van der Waals surface area contributed by atoms with Crippen molar-refractivity contribution in [2.75, 3.05) is 20.7 Å². The smallest absolute Gasteiger partial charge is 0.319 e. The van der Waals surface area contributed by atoms with E-state index in [-0.39, 0.29) is 5.97 Å². The summed E-state index contributed by atoms with van der Waals surface area (Å²) >= 11 is 0. The molecule has 14 heavy (non-hydrogen) atoms. The quantitative estimate of drug-likeness (QED) is 0.466. The number of hydrogen-bond donors (Lipinski definition) is 0. The van der Waals surface area contributed by atoms with E-state index in [1.54, 1.807) is 0 Å². The monoisotopic (exact) mass is 201 g/mol. The van der Waals surface area contributed by atoms with E-state index in [0.29, 0.717) is 12.6 Å². The second-order valence-corrected chi connectivity index (χ2v) is 3.84. The molecule has 0 aliphatic carbocycles. The topological polar surface area (TPSA) is 29.5 Å². The van der Waals surface area contributed by atoms with E-state index in [1.807, 2.05) is 11.9 Å². The van der Waals surface area contributed by atoms with Gasteiger partial charge in [-0.2, -0.15) is 0 Å². The molecule has 0 aliphatic heterocycles. The van der Waals surface area contributed by atoms with Gasteiger partial charge in [0.15, 0.2) is 0 Å². The molecule has 0 saturated carbocycles. The van der Waals surface area contributed by atoms with Crippen LogP contribution < -0.4 is 0 Å². The maximum absolute atomic E-state index is 11.0. The van der Waals surface area contributed by atoms with Gasteiger partial charge in [-0.05, 0) is 20.4 Å². The first kappa shape index (κ1) is 13.4. The van der Waals surface area contributed by atoms with Crippen molar-refractivity contribution in [2.24, 2.45) is 0 Å². The largest absolute Gasteiger partial charge is 0.468 e. The van der Waals surface area contributed by atoms with E-state index >= 15 is 0 Å². The van der Waals surface area contributed by atoms with Crippen LogP contribution in [-0.2, 0) is 9.53 Å². The molecular formula is C11H23NO2. The second kappa shape index (κ2) is 7.80. The maximum Gasteiger partial charge on any atom is 0.319 e. The maximum atomic E-state index is 11.0. The van der Waals surface area contributed by atoms with Gasteiger partial charge in [0.1, 0.15) is 0 Å². The summed E-state index contributed by atoms with van der Waals surface area (Å²) in [4.78, 5) is 13.0. The van der Waals surface area contributed by atoms with Crippen molar-refractivity contribution >= 4 is 5.97 Å². The van der Waals surface area contributed by atoms with Crippen LogP contribution in [0.3, 0.4) is 0 Å². The molecular weight excluding hydrogens is 178 g/mol. The minimum absolute atomic E-state index is 0.158. The zero-order valence-electron chi connectivity index (χ0n) is 9.88. The third-order valence-electron chi connectivity index (χ3n) is 2.58. The minimum Gasteiger partial charge on any atom is -0.468 e. The Morgan fingerprint density at radius 1 is 1.43 bits per heavy atom. The van der Waals surface area contributed by atoms with Gasteiger partial charge in [-0.25, -0.2) is 0 Å². The van der Waals surface area contributed by atoms with Gasteiger partial charge < -0.3 is 4.74 Å². The fraction of sp³-hybridized carbons (Fsp3) is 0.909. The highest BCUT2D eigenvalue weighted by Crippen LogP contribution is 2.07. The summed E-state index contributed by atoms with van der Waals surface area (Å²) in [6.45, 7) is 4.74. The third-order valence-corrected chi connectivity index (χ3v) is 2.58. The fourth-order valence-electron chi connectivity index (χ4n) is 1.33. The molecule has 0 spiro atoms. The van der Waals surface area contributed by atoms with Gasteiger partial charge in [0.2, 0.25) is 0 Å². The van der Waals surface area contributed by atoms with Gasteiger partial charge in [0.05, 0.1) is 13.7 Å². The first-order valence-electron chi connectivity index (χ1n) is 5.38. The summed E-state index contributed by atoms with van der Waals surface area (Å²) in [5, 5.41) is 0. The minimum atomic E-state index is -0.158. The molecule has 0 amide bonds. The van der Waals surface area contributed by atoms with Crippen LogP contribution in [0.5, 0.6) is 0 Å². The van der Waals surface area contributed by atoms with Crippen LogP contribution in [0.25, 0.3) is 0 Å². The first-order chi connectivity index (χ1) is 6.61. The molecule has 0 aromatic rings. The average molecular weight is 201 g/mol. The van der Waals surface area contributed by atoms with Crippen molar-refractivity contribution in [2.45, 2.75) is 45.6 Å². The van der Waals surface area contributed by atoms with Gasteiger partial charge in [-0.15, -0.1) is 0 Å². The number of carbonyl (C=O) groups excluding carboxylic acids is 1. The number of carbonyl (C=O) groups is 1. The second-order valence-electron chi connectivity index (χ2n) is 3.84. The van der Waals surface area contributed by atoms with Gasteiger partial charge in [0.25, 0.3) is 0 Å². The van der Waals surface area contributed by atoms with Crippen LogP contribution in [0.15, 0.2) is 0 Å². The lowest BCUT2D eigenvalue weighted by atomic mass is 10.1. The highest BCUT2D eigenvalue weighted by atomic mass is 16.5. The Hall–Kier alpha value is -0.570. The summed E-state index contributed by atoms with van der Waals surface area (Å²) in [6, 6.07) is 0.459. The number of hydrogen-bond acceptors (Lipinski definition) is 3. The van der Waals surface area contributed by atoms with Gasteiger partial charge in [-0.1, -0.05) is 26.2 Å². The number of esters is 1. The Labute approximate surface area is 87.4 Å². The summed E-state index contributed by atoms with van der Waals surface area (Å²) in [6.07, 6.45) is 4.91. The zero-order valence-corrected chi connectivity index (χ0v) is 9.88. The van der Waals surface area contributed by atoms with Gasteiger partial charge in [0, 0.05) is 6.04 Å². The molecule has 0 aromatic heterocycles. The molecule has 0 aliphatic rings. The molecule has 0 radical (unpaired) electrons. The van der Waals surface area contributed by atoms with Crippen LogP contribution >= 0.6 is 0 Å². The predicted octanol–water partition coefficient (Wildman–Crippen LogP) is 2.06. The van der Waals surface area contributed by atoms with Crippen LogP contribution in [-0.4, -0.2) is 37.6 Å².